The lowest BCUT2D eigenvalue weighted by atomic mass is 10.0. The van der Waals surface area contributed by atoms with Gasteiger partial charge in [0.15, 0.2) is 5.69 Å². The molecule has 1 atom stereocenters. The molecular weight excluding hydrogens is 462 g/mol. The SMILES string of the molecule is Cc1c(C(=O)NC(c2nc(-c3ccncc3)no2)C(C)C)nnn1-c1cccc(Br)c1. The fourth-order valence-corrected chi connectivity index (χ4v) is 3.48. The van der Waals surface area contributed by atoms with Gasteiger partial charge in [-0.1, -0.05) is 46.2 Å². The van der Waals surface area contributed by atoms with Crippen LogP contribution in [0.15, 0.2) is 57.8 Å². The van der Waals surface area contributed by atoms with Crippen molar-refractivity contribution in [1.82, 2.24) is 35.4 Å². The van der Waals surface area contributed by atoms with Gasteiger partial charge in [0, 0.05) is 22.4 Å². The lowest BCUT2D eigenvalue weighted by Crippen LogP contribution is -2.32. The van der Waals surface area contributed by atoms with Crippen LogP contribution in [0.5, 0.6) is 0 Å². The van der Waals surface area contributed by atoms with E-state index >= 15 is 0 Å². The van der Waals surface area contributed by atoms with Gasteiger partial charge in [-0.2, -0.15) is 4.98 Å². The minimum Gasteiger partial charge on any atom is -0.339 e. The van der Waals surface area contributed by atoms with E-state index in [0.717, 1.165) is 15.7 Å². The Kier molecular flexibility index (Phi) is 5.90. The lowest BCUT2D eigenvalue weighted by Gasteiger charge is -2.18. The summed E-state index contributed by atoms with van der Waals surface area (Å²) in [4.78, 5) is 21.5. The highest BCUT2D eigenvalue weighted by atomic mass is 79.9. The molecule has 3 aromatic heterocycles. The molecule has 31 heavy (non-hydrogen) atoms. The van der Waals surface area contributed by atoms with E-state index < -0.39 is 6.04 Å². The minimum atomic E-state index is -0.481. The summed E-state index contributed by atoms with van der Waals surface area (Å²) in [6.07, 6.45) is 3.31. The standard InChI is InChI=1S/C21H20BrN7O2/c1-12(2)17(21-25-19(27-31-21)14-7-9-23-10-8-14)24-20(30)18-13(3)29(28-26-18)16-6-4-5-15(22)11-16/h4-12,17H,1-3H3,(H,24,30). The zero-order valence-corrected chi connectivity index (χ0v) is 18.7. The Morgan fingerprint density at radius 2 is 1.97 bits per heavy atom. The smallest absolute Gasteiger partial charge is 0.274 e. The Labute approximate surface area is 187 Å². The van der Waals surface area contributed by atoms with Gasteiger partial charge in [-0.05, 0) is 43.2 Å². The maximum atomic E-state index is 13.0. The van der Waals surface area contributed by atoms with E-state index in [1.165, 1.54) is 0 Å². The van der Waals surface area contributed by atoms with Gasteiger partial charge in [-0.3, -0.25) is 9.78 Å². The van der Waals surface area contributed by atoms with Crippen LogP contribution in [0.25, 0.3) is 17.1 Å². The third-order valence-electron chi connectivity index (χ3n) is 4.76. The number of carbonyl (C=O) groups excluding carboxylic acids is 1. The minimum absolute atomic E-state index is 0.00937. The molecule has 158 valence electrons. The summed E-state index contributed by atoms with van der Waals surface area (Å²) in [6.45, 7) is 5.73. The first-order valence-corrected chi connectivity index (χ1v) is 10.5. The van der Waals surface area contributed by atoms with Crippen LogP contribution in [0.4, 0.5) is 0 Å². The third kappa shape index (κ3) is 4.38. The molecule has 4 rings (SSSR count). The van der Waals surface area contributed by atoms with Crippen LogP contribution in [0.3, 0.4) is 0 Å². The van der Waals surface area contributed by atoms with Crippen molar-refractivity contribution in [3.63, 3.8) is 0 Å². The van der Waals surface area contributed by atoms with Crippen LogP contribution in [0.2, 0.25) is 0 Å². The molecule has 0 saturated heterocycles. The number of hydrogen-bond donors (Lipinski definition) is 1. The maximum absolute atomic E-state index is 13.0. The third-order valence-corrected chi connectivity index (χ3v) is 5.26. The Balaban J connectivity index is 1.57. The Bertz CT molecular complexity index is 1200. The summed E-state index contributed by atoms with van der Waals surface area (Å²) < 4.78 is 7.99. The van der Waals surface area contributed by atoms with Crippen molar-refractivity contribution in [2.75, 3.05) is 0 Å². The van der Waals surface area contributed by atoms with Gasteiger partial charge in [0.25, 0.3) is 5.91 Å². The second kappa shape index (κ2) is 8.76. The highest BCUT2D eigenvalue weighted by Crippen LogP contribution is 2.24. The highest BCUT2D eigenvalue weighted by Gasteiger charge is 2.27. The molecule has 0 aliphatic carbocycles. The second-order valence-electron chi connectivity index (χ2n) is 7.30. The summed E-state index contributed by atoms with van der Waals surface area (Å²) >= 11 is 3.45. The van der Waals surface area contributed by atoms with Crippen molar-refractivity contribution in [3.05, 3.63) is 70.5 Å². The molecule has 0 spiro atoms. The fraction of sp³-hybridized carbons (Fsp3) is 0.238. The zero-order valence-electron chi connectivity index (χ0n) is 17.2. The van der Waals surface area contributed by atoms with Crippen LogP contribution in [0, 0.1) is 12.8 Å². The predicted octanol–water partition coefficient (Wildman–Crippen LogP) is 3.91. The van der Waals surface area contributed by atoms with Crippen LogP contribution in [-0.4, -0.2) is 36.0 Å². The summed E-state index contributed by atoms with van der Waals surface area (Å²) in [5, 5.41) is 15.2. The van der Waals surface area contributed by atoms with E-state index in [4.69, 9.17) is 4.52 Å². The number of benzene rings is 1. The van der Waals surface area contributed by atoms with Gasteiger partial charge in [0.1, 0.15) is 6.04 Å². The highest BCUT2D eigenvalue weighted by molar-refractivity contribution is 9.10. The summed E-state index contributed by atoms with van der Waals surface area (Å²) in [7, 11) is 0. The summed E-state index contributed by atoms with van der Waals surface area (Å²) in [5.41, 5.74) is 2.45. The van der Waals surface area contributed by atoms with E-state index in [-0.39, 0.29) is 17.5 Å². The van der Waals surface area contributed by atoms with Gasteiger partial charge in [0.2, 0.25) is 11.7 Å². The fourth-order valence-electron chi connectivity index (χ4n) is 3.09. The Morgan fingerprint density at radius 1 is 1.19 bits per heavy atom. The number of amides is 1. The Morgan fingerprint density at radius 3 is 2.68 bits per heavy atom. The van der Waals surface area contributed by atoms with Crippen LogP contribution >= 0.6 is 15.9 Å². The van der Waals surface area contributed by atoms with Crippen LogP contribution in [-0.2, 0) is 0 Å². The van der Waals surface area contributed by atoms with Crippen molar-refractivity contribution < 1.29 is 9.32 Å². The van der Waals surface area contributed by atoms with Crippen molar-refractivity contribution in [3.8, 4) is 17.1 Å². The lowest BCUT2D eigenvalue weighted by molar-refractivity contribution is 0.0908. The van der Waals surface area contributed by atoms with Gasteiger partial charge >= 0.3 is 0 Å². The molecule has 3 heterocycles. The van der Waals surface area contributed by atoms with Gasteiger partial charge in [0.05, 0.1) is 11.4 Å². The molecule has 0 radical (unpaired) electrons. The maximum Gasteiger partial charge on any atom is 0.274 e. The molecule has 0 fully saturated rings. The first-order chi connectivity index (χ1) is 14.9. The summed E-state index contributed by atoms with van der Waals surface area (Å²) in [5.74, 6) is 0.414. The zero-order chi connectivity index (χ0) is 22.0. The quantitative estimate of drug-likeness (QED) is 0.444. The van der Waals surface area contributed by atoms with Crippen molar-refractivity contribution in [2.45, 2.75) is 26.8 Å². The molecule has 0 bridgehead atoms. The number of nitrogens with zero attached hydrogens (tertiary/aromatic N) is 6. The normalized spacial score (nSPS) is 12.2. The van der Waals surface area contributed by atoms with Crippen LogP contribution < -0.4 is 5.32 Å². The van der Waals surface area contributed by atoms with E-state index in [2.05, 4.69) is 46.7 Å². The molecule has 1 unspecified atom stereocenters. The van der Waals surface area contributed by atoms with E-state index in [0.29, 0.717) is 17.4 Å². The molecule has 4 aromatic rings. The van der Waals surface area contributed by atoms with E-state index in [1.54, 1.807) is 36.1 Å². The largest absolute Gasteiger partial charge is 0.339 e. The Hall–Kier alpha value is -3.40. The average Bonchev–Trinajstić information content (AvgIpc) is 3.39. The van der Waals surface area contributed by atoms with Crippen LogP contribution in [0.1, 0.15) is 42.0 Å². The van der Waals surface area contributed by atoms with E-state index in [9.17, 15) is 4.79 Å². The topological polar surface area (TPSA) is 112 Å². The number of rotatable bonds is 6. The van der Waals surface area contributed by atoms with Crippen molar-refractivity contribution >= 4 is 21.8 Å². The number of halogens is 1. The molecule has 9 nitrogen and oxygen atoms in total. The first-order valence-electron chi connectivity index (χ1n) is 9.67. The molecule has 0 aliphatic heterocycles. The number of nitrogens with one attached hydrogen (secondary N) is 1. The number of hydrogen-bond acceptors (Lipinski definition) is 7. The molecular formula is C21H20BrN7O2. The molecule has 1 amide bonds. The number of aromatic nitrogens is 6. The molecule has 0 saturated carbocycles. The van der Waals surface area contributed by atoms with E-state index in [1.807, 2.05) is 38.1 Å². The van der Waals surface area contributed by atoms with Crippen molar-refractivity contribution in [1.29, 1.82) is 0 Å². The molecule has 10 heteroatoms. The molecule has 1 aromatic carbocycles. The van der Waals surface area contributed by atoms with Gasteiger partial charge in [-0.15, -0.1) is 5.10 Å². The second-order valence-corrected chi connectivity index (χ2v) is 8.22. The van der Waals surface area contributed by atoms with Crippen molar-refractivity contribution in [2.24, 2.45) is 5.92 Å². The predicted molar refractivity (Wildman–Crippen MR) is 116 cm³/mol. The molecule has 0 aliphatic rings. The van der Waals surface area contributed by atoms with Gasteiger partial charge in [-0.25, -0.2) is 4.68 Å². The monoisotopic (exact) mass is 481 g/mol. The number of pyridine rings is 1. The summed E-state index contributed by atoms with van der Waals surface area (Å²) in [6, 6.07) is 10.7. The number of carbonyl (C=O) groups is 1. The van der Waals surface area contributed by atoms with Gasteiger partial charge < -0.3 is 9.84 Å². The molecule has 1 N–H and O–H groups in total. The average molecular weight is 482 g/mol. The first kappa shape index (κ1) is 20.9.